The van der Waals surface area contributed by atoms with Gasteiger partial charge in [0.05, 0.1) is 12.8 Å². The van der Waals surface area contributed by atoms with Crippen LogP contribution in [0.3, 0.4) is 0 Å². The van der Waals surface area contributed by atoms with Gasteiger partial charge < -0.3 is 20.2 Å². The van der Waals surface area contributed by atoms with Gasteiger partial charge in [-0.1, -0.05) is 49.6 Å². The monoisotopic (exact) mass is 509 g/mol. The van der Waals surface area contributed by atoms with Gasteiger partial charge in [0, 0.05) is 24.7 Å². The predicted molar refractivity (Wildman–Crippen MR) is 134 cm³/mol. The summed E-state index contributed by atoms with van der Waals surface area (Å²) >= 11 is 0. The van der Waals surface area contributed by atoms with Crippen molar-refractivity contribution in [3.8, 4) is 0 Å². The molecule has 0 bridgehead atoms. The van der Waals surface area contributed by atoms with Crippen LogP contribution in [0.4, 0.5) is 4.39 Å². The third-order valence-corrected chi connectivity index (χ3v) is 7.22. The lowest BCUT2D eigenvalue weighted by molar-refractivity contribution is -0.143. The highest BCUT2D eigenvalue weighted by molar-refractivity contribution is 5.99. The summed E-state index contributed by atoms with van der Waals surface area (Å²) in [5.41, 5.74) is 0.979. The van der Waals surface area contributed by atoms with E-state index < -0.39 is 35.8 Å². The van der Waals surface area contributed by atoms with E-state index in [0.717, 1.165) is 37.7 Å². The number of carbonyl (C=O) groups excluding carboxylic acids is 3. The second kappa shape index (κ2) is 12.0. The number of halogens is 1. The second-order valence-electron chi connectivity index (χ2n) is 9.74. The predicted octanol–water partition coefficient (Wildman–Crippen LogP) is 3.22. The Hall–Kier alpha value is -3.75. The van der Waals surface area contributed by atoms with E-state index in [1.165, 1.54) is 34.1 Å². The number of carboxylic acid groups (broad SMARTS) is 1. The van der Waals surface area contributed by atoms with E-state index in [4.69, 9.17) is 0 Å². The third kappa shape index (κ3) is 6.53. The largest absolute Gasteiger partial charge is 0.481 e. The lowest BCUT2D eigenvalue weighted by Crippen LogP contribution is -2.57. The van der Waals surface area contributed by atoms with Crippen LogP contribution in [-0.4, -0.2) is 63.9 Å². The van der Waals surface area contributed by atoms with E-state index in [2.05, 4.69) is 5.32 Å². The van der Waals surface area contributed by atoms with E-state index in [1.807, 2.05) is 30.3 Å². The molecule has 2 aliphatic rings. The Bertz CT molecular complexity index is 1120. The minimum Gasteiger partial charge on any atom is -0.481 e. The Labute approximate surface area is 215 Å². The zero-order valence-corrected chi connectivity index (χ0v) is 20.6. The highest BCUT2D eigenvalue weighted by atomic mass is 19.1. The van der Waals surface area contributed by atoms with Crippen molar-refractivity contribution in [1.29, 1.82) is 0 Å². The molecule has 0 spiro atoms. The van der Waals surface area contributed by atoms with Crippen LogP contribution in [0.15, 0.2) is 54.6 Å². The Kier molecular flexibility index (Phi) is 8.53. The Morgan fingerprint density at radius 1 is 0.919 bits per heavy atom. The molecule has 4 rings (SSSR count). The van der Waals surface area contributed by atoms with Crippen molar-refractivity contribution in [2.45, 2.75) is 57.2 Å². The molecule has 37 heavy (non-hydrogen) atoms. The van der Waals surface area contributed by atoms with Gasteiger partial charge in [-0.2, -0.15) is 0 Å². The first-order valence-electron chi connectivity index (χ1n) is 12.8. The SMILES string of the molecule is O=C(O)CC(NC(=O)C1N(C(=O)Cc2ccccc2)CCN1C(=O)c1ccc(F)cc1)C1CCCCC1. The van der Waals surface area contributed by atoms with Crippen molar-refractivity contribution in [3.05, 3.63) is 71.5 Å². The summed E-state index contributed by atoms with van der Waals surface area (Å²) in [6, 6.07) is 13.5. The molecule has 1 aliphatic carbocycles. The third-order valence-electron chi connectivity index (χ3n) is 7.22. The van der Waals surface area contributed by atoms with Crippen molar-refractivity contribution in [3.63, 3.8) is 0 Å². The molecule has 2 unspecified atom stereocenters. The second-order valence-corrected chi connectivity index (χ2v) is 9.74. The van der Waals surface area contributed by atoms with Crippen LogP contribution in [-0.2, 0) is 20.8 Å². The fraction of sp³-hybridized carbons (Fsp3) is 0.429. The van der Waals surface area contributed by atoms with Crippen LogP contribution in [0.5, 0.6) is 0 Å². The molecular formula is C28H32FN3O5. The van der Waals surface area contributed by atoms with Crippen LogP contribution in [0.2, 0.25) is 0 Å². The van der Waals surface area contributed by atoms with Crippen LogP contribution in [0, 0.1) is 11.7 Å². The summed E-state index contributed by atoms with van der Waals surface area (Å²) in [7, 11) is 0. The summed E-state index contributed by atoms with van der Waals surface area (Å²) in [6.45, 7) is 0.283. The fourth-order valence-electron chi connectivity index (χ4n) is 5.33. The molecule has 1 saturated carbocycles. The zero-order valence-electron chi connectivity index (χ0n) is 20.6. The lowest BCUT2D eigenvalue weighted by Gasteiger charge is -2.34. The molecule has 2 fully saturated rings. The molecule has 3 amide bonds. The first kappa shape index (κ1) is 26.3. The summed E-state index contributed by atoms with van der Waals surface area (Å²) in [5, 5.41) is 12.4. The molecule has 9 heteroatoms. The highest BCUT2D eigenvalue weighted by Gasteiger charge is 2.44. The number of aliphatic carboxylic acids is 1. The van der Waals surface area contributed by atoms with Gasteiger partial charge in [-0.05, 0) is 48.6 Å². The molecule has 1 aliphatic heterocycles. The van der Waals surface area contributed by atoms with Crippen molar-refractivity contribution in [2.24, 2.45) is 5.92 Å². The van der Waals surface area contributed by atoms with Crippen LogP contribution < -0.4 is 5.32 Å². The van der Waals surface area contributed by atoms with Crippen molar-refractivity contribution < 1.29 is 28.7 Å². The molecule has 2 aromatic carbocycles. The number of hydrogen-bond acceptors (Lipinski definition) is 4. The molecule has 0 radical (unpaired) electrons. The van der Waals surface area contributed by atoms with Gasteiger partial charge in [-0.3, -0.25) is 19.2 Å². The van der Waals surface area contributed by atoms with Crippen LogP contribution in [0.1, 0.15) is 54.4 Å². The molecule has 2 aromatic rings. The van der Waals surface area contributed by atoms with Gasteiger partial charge in [0.15, 0.2) is 6.17 Å². The number of hydrogen-bond donors (Lipinski definition) is 2. The van der Waals surface area contributed by atoms with Gasteiger partial charge in [-0.25, -0.2) is 4.39 Å². The average molecular weight is 510 g/mol. The molecule has 0 aromatic heterocycles. The number of carbonyl (C=O) groups is 4. The molecule has 2 N–H and O–H groups in total. The molecule has 2 atom stereocenters. The number of benzene rings is 2. The van der Waals surface area contributed by atoms with E-state index in [9.17, 15) is 28.7 Å². The maximum Gasteiger partial charge on any atom is 0.305 e. The summed E-state index contributed by atoms with van der Waals surface area (Å²) < 4.78 is 13.4. The Balaban J connectivity index is 1.59. The quantitative estimate of drug-likeness (QED) is 0.568. The number of amides is 3. The van der Waals surface area contributed by atoms with Crippen molar-refractivity contribution in [2.75, 3.05) is 13.1 Å². The lowest BCUT2D eigenvalue weighted by atomic mass is 9.82. The minimum absolute atomic E-state index is 0.0184. The molecular weight excluding hydrogens is 477 g/mol. The normalized spacial score (nSPS) is 18.9. The maximum absolute atomic E-state index is 13.7. The van der Waals surface area contributed by atoms with Crippen LogP contribution in [0.25, 0.3) is 0 Å². The zero-order chi connectivity index (χ0) is 26.4. The van der Waals surface area contributed by atoms with E-state index >= 15 is 0 Å². The fourth-order valence-corrected chi connectivity index (χ4v) is 5.33. The molecule has 196 valence electrons. The molecule has 1 saturated heterocycles. The summed E-state index contributed by atoms with van der Waals surface area (Å²) in [6.07, 6.45) is 3.25. The number of nitrogens with zero attached hydrogens (tertiary/aromatic N) is 2. The number of carboxylic acids is 1. The first-order valence-corrected chi connectivity index (χ1v) is 12.8. The standard InChI is InChI=1S/C28H32FN3O5/c29-22-13-11-21(12-14-22)28(37)32-16-15-31(24(33)17-19-7-3-1-4-8-19)27(32)26(36)30-23(18-25(34)35)20-9-5-2-6-10-20/h1,3-4,7-8,11-14,20,23,27H,2,5-6,9-10,15-18H2,(H,30,36)(H,34,35). The summed E-state index contributed by atoms with van der Waals surface area (Å²) in [5.74, 6) is -2.87. The van der Waals surface area contributed by atoms with Gasteiger partial charge in [-0.15, -0.1) is 0 Å². The topological polar surface area (TPSA) is 107 Å². The van der Waals surface area contributed by atoms with Crippen LogP contribution >= 0.6 is 0 Å². The van der Waals surface area contributed by atoms with Gasteiger partial charge in [0.1, 0.15) is 5.82 Å². The molecule has 1 heterocycles. The van der Waals surface area contributed by atoms with E-state index in [-0.39, 0.29) is 43.3 Å². The molecule has 8 nitrogen and oxygen atoms in total. The van der Waals surface area contributed by atoms with Gasteiger partial charge in [0.25, 0.3) is 11.8 Å². The van der Waals surface area contributed by atoms with Gasteiger partial charge in [0.2, 0.25) is 5.91 Å². The van der Waals surface area contributed by atoms with E-state index in [0.29, 0.717) is 0 Å². The van der Waals surface area contributed by atoms with Crippen molar-refractivity contribution in [1.82, 2.24) is 15.1 Å². The summed E-state index contributed by atoms with van der Waals surface area (Å²) in [4.78, 5) is 54.7. The first-order chi connectivity index (χ1) is 17.8. The van der Waals surface area contributed by atoms with Gasteiger partial charge >= 0.3 is 5.97 Å². The number of rotatable bonds is 8. The highest BCUT2D eigenvalue weighted by Crippen LogP contribution is 2.29. The Morgan fingerprint density at radius 3 is 2.22 bits per heavy atom. The Morgan fingerprint density at radius 2 is 1.57 bits per heavy atom. The van der Waals surface area contributed by atoms with Crippen molar-refractivity contribution >= 4 is 23.7 Å². The maximum atomic E-state index is 13.7. The van der Waals surface area contributed by atoms with E-state index in [1.54, 1.807) is 0 Å². The minimum atomic E-state index is -1.23. The number of nitrogens with one attached hydrogen (secondary N) is 1. The smallest absolute Gasteiger partial charge is 0.305 e. The average Bonchev–Trinajstić information content (AvgIpc) is 3.35.